The molecule has 0 aromatic rings. The summed E-state index contributed by atoms with van der Waals surface area (Å²) >= 11 is 0. The number of allylic oxidation sites excluding steroid dienone is 1. The van der Waals surface area contributed by atoms with E-state index in [9.17, 15) is 10.1 Å². The van der Waals surface area contributed by atoms with E-state index < -0.39 is 10.6 Å². The van der Waals surface area contributed by atoms with Gasteiger partial charge in [0.25, 0.3) is 0 Å². The summed E-state index contributed by atoms with van der Waals surface area (Å²) in [5.74, 6) is 0.0243. The molecule has 0 heterocycles. The topological polar surface area (TPSA) is 85.8 Å². The first-order valence-corrected chi connectivity index (χ1v) is 4.06. The second-order valence-electron chi connectivity index (χ2n) is 3.14. The van der Waals surface area contributed by atoms with E-state index in [1.54, 1.807) is 33.1 Å². The summed E-state index contributed by atoms with van der Waals surface area (Å²) in [5, 5.41) is 19.1. The predicted molar refractivity (Wildman–Crippen MR) is 55.5 cm³/mol. The molecule has 0 atom stereocenters. The van der Waals surface area contributed by atoms with Crippen molar-refractivity contribution in [3.63, 3.8) is 0 Å². The highest BCUT2D eigenvalue weighted by Gasteiger charge is 2.19. The highest BCUT2D eigenvalue weighted by Crippen LogP contribution is 2.08. The van der Waals surface area contributed by atoms with E-state index in [0.29, 0.717) is 0 Å². The fourth-order valence-electron chi connectivity index (χ4n) is 0.731. The molecule has 0 N–H and O–H groups in total. The molecule has 0 aliphatic heterocycles. The highest BCUT2D eigenvalue weighted by atomic mass is 16.6. The lowest BCUT2D eigenvalue weighted by atomic mass is 10.4. The third-order valence-electron chi connectivity index (χ3n) is 1.33. The molecule has 0 spiro atoms. The van der Waals surface area contributed by atoms with Crippen molar-refractivity contribution < 1.29 is 4.92 Å². The number of hydrogen-bond acceptors (Lipinski definition) is 5. The maximum Gasteiger partial charge on any atom is 0.387 e. The number of nitrogens with zero attached hydrogens (tertiary/aromatic N) is 5. The second kappa shape index (κ2) is 5.59. The van der Waals surface area contributed by atoms with Gasteiger partial charge in [-0.15, -0.1) is 0 Å². The van der Waals surface area contributed by atoms with Gasteiger partial charge in [-0.1, -0.05) is 0 Å². The average molecular weight is 211 g/mol. The van der Waals surface area contributed by atoms with Gasteiger partial charge in [-0.3, -0.25) is 10.1 Å². The Bertz CT molecular complexity index is 337. The monoisotopic (exact) mass is 211 g/mol. The molecule has 0 rings (SSSR count). The molecule has 7 nitrogen and oxygen atoms in total. The summed E-state index contributed by atoms with van der Waals surface area (Å²) in [6, 6.07) is 1.51. The first kappa shape index (κ1) is 12.9. The number of nitro groups is 1. The minimum atomic E-state index is -0.748. The number of nitriles is 1. The van der Waals surface area contributed by atoms with Crippen LogP contribution in [0.15, 0.2) is 16.5 Å². The van der Waals surface area contributed by atoms with Crippen LogP contribution in [0.25, 0.3) is 0 Å². The van der Waals surface area contributed by atoms with Crippen LogP contribution in [0.1, 0.15) is 0 Å². The quantitative estimate of drug-likeness (QED) is 0.216. The zero-order chi connectivity index (χ0) is 12.0. The van der Waals surface area contributed by atoms with Gasteiger partial charge in [-0.25, -0.2) is 4.99 Å². The van der Waals surface area contributed by atoms with Crippen molar-refractivity contribution in [1.82, 2.24) is 9.80 Å². The van der Waals surface area contributed by atoms with E-state index in [1.807, 2.05) is 0 Å². The molecule has 0 aromatic heterocycles. The summed E-state index contributed by atoms with van der Waals surface area (Å²) in [5.41, 5.74) is -0.571. The van der Waals surface area contributed by atoms with Crippen LogP contribution in [0.2, 0.25) is 0 Å². The molecule has 0 amide bonds. The maximum atomic E-state index is 10.5. The fraction of sp³-hybridized carbons (Fsp3) is 0.500. The molecular weight excluding hydrogens is 198 g/mol. The predicted octanol–water partition coefficient (Wildman–Crippen LogP) is 0.107. The van der Waals surface area contributed by atoms with E-state index in [4.69, 9.17) is 5.26 Å². The van der Waals surface area contributed by atoms with Crippen molar-refractivity contribution in [2.45, 2.75) is 0 Å². The minimum Gasteiger partial charge on any atom is -0.369 e. The molecule has 0 saturated heterocycles. The molecule has 82 valence electrons. The number of aliphatic imine (C=N–C) groups is 1. The van der Waals surface area contributed by atoms with Crippen LogP contribution in [-0.2, 0) is 0 Å². The van der Waals surface area contributed by atoms with E-state index in [0.717, 1.165) is 0 Å². The summed E-state index contributed by atoms with van der Waals surface area (Å²) in [7, 11) is 6.64. The maximum absolute atomic E-state index is 10.5. The molecule has 0 radical (unpaired) electrons. The number of hydrogen-bond donors (Lipinski definition) is 0. The SMILES string of the molecule is CN(C)C=N/C(=C(\C#N)[N+](=O)[O-])N(C)C. The Morgan fingerprint density at radius 1 is 1.47 bits per heavy atom. The van der Waals surface area contributed by atoms with Gasteiger partial charge in [0.1, 0.15) is 0 Å². The highest BCUT2D eigenvalue weighted by molar-refractivity contribution is 5.56. The Morgan fingerprint density at radius 2 is 2.00 bits per heavy atom. The van der Waals surface area contributed by atoms with Crippen LogP contribution in [0.5, 0.6) is 0 Å². The molecule has 0 saturated carbocycles. The van der Waals surface area contributed by atoms with Gasteiger partial charge in [-0.2, -0.15) is 5.26 Å². The molecule has 0 aliphatic carbocycles. The zero-order valence-electron chi connectivity index (χ0n) is 9.13. The van der Waals surface area contributed by atoms with Gasteiger partial charge >= 0.3 is 5.70 Å². The van der Waals surface area contributed by atoms with Crippen LogP contribution in [0.3, 0.4) is 0 Å². The molecule has 0 unspecified atom stereocenters. The van der Waals surface area contributed by atoms with Crippen molar-refractivity contribution >= 4 is 6.34 Å². The van der Waals surface area contributed by atoms with Gasteiger partial charge in [0.05, 0.1) is 11.3 Å². The lowest BCUT2D eigenvalue weighted by Gasteiger charge is -2.11. The van der Waals surface area contributed by atoms with Crippen molar-refractivity contribution in [2.24, 2.45) is 4.99 Å². The zero-order valence-corrected chi connectivity index (χ0v) is 9.13. The Balaban J connectivity index is 5.29. The summed E-state index contributed by atoms with van der Waals surface area (Å²) in [6.07, 6.45) is 1.40. The fourth-order valence-corrected chi connectivity index (χ4v) is 0.731. The first-order valence-electron chi connectivity index (χ1n) is 4.06. The van der Waals surface area contributed by atoms with E-state index in [2.05, 4.69) is 4.99 Å². The van der Waals surface area contributed by atoms with Crippen LogP contribution in [-0.4, -0.2) is 49.3 Å². The molecule has 7 heteroatoms. The molecular formula is C8H13N5O2. The van der Waals surface area contributed by atoms with Crippen molar-refractivity contribution in [3.05, 3.63) is 21.6 Å². The van der Waals surface area contributed by atoms with E-state index in [-0.39, 0.29) is 5.82 Å². The van der Waals surface area contributed by atoms with Crippen LogP contribution >= 0.6 is 0 Å². The third-order valence-corrected chi connectivity index (χ3v) is 1.33. The summed E-state index contributed by atoms with van der Waals surface area (Å²) < 4.78 is 0. The lowest BCUT2D eigenvalue weighted by Crippen LogP contribution is -2.17. The Hall–Kier alpha value is -2.10. The average Bonchev–Trinajstić information content (AvgIpc) is 2.10. The van der Waals surface area contributed by atoms with Gasteiger partial charge in [-0.05, 0) is 0 Å². The molecule has 15 heavy (non-hydrogen) atoms. The minimum absolute atomic E-state index is 0.0243. The second-order valence-corrected chi connectivity index (χ2v) is 3.14. The normalized spacial score (nSPS) is 11.9. The van der Waals surface area contributed by atoms with Crippen molar-refractivity contribution in [3.8, 4) is 6.07 Å². The van der Waals surface area contributed by atoms with Gasteiger partial charge in [0, 0.05) is 28.2 Å². The Morgan fingerprint density at radius 3 is 2.27 bits per heavy atom. The lowest BCUT2D eigenvalue weighted by molar-refractivity contribution is -0.419. The van der Waals surface area contributed by atoms with E-state index >= 15 is 0 Å². The summed E-state index contributed by atoms with van der Waals surface area (Å²) in [4.78, 5) is 16.7. The number of rotatable bonds is 4. The third kappa shape index (κ3) is 4.08. The standard InChI is InChI=1S/C8H13N5O2/c1-11(2)6-10-8(12(3)4)7(5-9)13(14)15/h6H,1-4H3/b8-7-,10-6?. The van der Waals surface area contributed by atoms with Gasteiger partial charge < -0.3 is 9.80 Å². The summed E-state index contributed by atoms with van der Waals surface area (Å²) in [6.45, 7) is 0. The molecule has 0 bridgehead atoms. The smallest absolute Gasteiger partial charge is 0.369 e. The Kier molecular flexibility index (Phi) is 4.81. The van der Waals surface area contributed by atoms with E-state index in [1.165, 1.54) is 17.3 Å². The van der Waals surface area contributed by atoms with Gasteiger partial charge in [0.2, 0.25) is 5.82 Å². The Labute approximate surface area is 88.1 Å². The first-order chi connectivity index (χ1) is 6.90. The van der Waals surface area contributed by atoms with Crippen molar-refractivity contribution in [1.29, 1.82) is 5.26 Å². The molecule has 0 aromatic carbocycles. The van der Waals surface area contributed by atoms with Crippen LogP contribution in [0, 0.1) is 21.4 Å². The molecule has 0 fully saturated rings. The van der Waals surface area contributed by atoms with Crippen molar-refractivity contribution in [2.75, 3.05) is 28.2 Å². The largest absolute Gasteiger partial charge is 0.387 e. The molecule has 0 aliphatic rings. The van der Waals surface area contributed by atoms with Crippen LogP contribution in [0.4, 0.5) is 0 Å². The van der Waals surface area contributed by atoms with Gasteiger partial charge in [0.15, 0.2) is 6.07 Å². The van der Waals surface area contributed by atoms with Crippen LogP contribution < -0.4 is 0 Å².